The van der Waals surface area contributed by atoms with Crippen LogP contribution in [0.1, 0.15) is 6.42 Å². The first kappa shape index (κ1) is 21.4. The summed E-state index contributed by atoms with van der Waals surface area (Å²) in [6, 6.07) is 14.9. The number of hydrogen-bond acceptors (Lipinski definition) is 5. The van der Waals surface area contributed by atoms with Gasteiger partial charge in [0.25, 0.3) is 0 Å². The Hall–Kier alpha value is -2.28. The fraction of sp³-hybridized carbons (Fsp3) is 0.409. The lowest BCUT2D eigenvalue weighted by Gasteiger charge is -2.34. The molecule has 1 heterocycles. The van der Waals surface area contributed by atoms with Crippen LogP contribution in [-0.2, 0) is 4.79 Å². The summed E-state index contributed by atoms with van der Waals surface area (Å²) >= 11 is 6.09. The summed E-state index contributed by atoms with van der Waals surface area (Å²) in [5, 5.41) is 3.44. The summed E-state index contributed by atoms with van der Waals surface area (Å²) in [5.74, 6) is 1.66. The lowest BCUT2D eigenvalue weighted by atomic mass is 10.2. The number of para-hydroxylation sites is 1. The molecule has 0 unspecified atom stereocenters. The monoisotopic (exact) mass is 417 g/mol. The Kier molecular flexibility index (Phi) is 8.16. The van der Waals surface area contributed by atoms with E-state index in [0.717, 1.165) is 50.6 Å². The SMILES string of the molecule is COc1ccc(OCCCN2CCN(CC(=O)Nc3ccccc3Cl)CC2)cc1. The van der Waals surface area contributed by atoms with E-state index in [2.05, 4.69) is 15.1 Å². The molecule has 2 aromatic carbocycles. The lowest BCUT2D eigenvalue weighted by molar-refractivity contribution is -0.117. The number of halogens is 1. The molecule has 1 aliphatic rings. The zero-order valence-corrected chi connectivity index (χ0v) is 17.5. The molecule has 6 nitrogen and oxygen atoms in total. The molecule has 1 amide bonds. The first-order valence-electron chi connectivity index (χ1n) is 9.90. The number of carbonyl (C=O) groups excluding carboxylic acids is 1. The molecular formula is C22H28ClN3O3. The Balaban J connectivity index is 1.30. The van der Waals surface area contributed by atoms with Gasteiger partial charge in [0.1, 0.15) is 11.5 Å². The smallest absolute Gasteiger partial charge is 0.238 e. The Morgan fingerprint density at radius 1 is 1.00 bits per heavy atom. The molecule has 0 radical (unpaired) electrons. The fourth-order valence-electron chi connectivity index (χ4n) is 3.28. The van der Waals surface area contributed by atoms with E-state index in [-0.39, 0.29) is 5.91 Å². The van der Waals surface area contributed by atoms with Crippen molar-refractivity contribution in [3.8, 4) is 11.5 Å². The molecule has 0 bridgehead atoms. The second kappa shape index (κ2) is 11.0. The largest absolute Gasteiger partial charge is 0.497 e. The van der Waals surface area contributed by atoms with Crippen molar-refractivity contribution in [2.75, 3.05) is 58.3 Å². The average Bonchev–Trinajstić information content (AvgIpc) is 2.74. The predicted molar refractivity (Wildman–Crippen MR) is 116 cm³/mol. The highest BCUT2D eigenvalue weighted by molar-refractivity contribution is 6.33. The number of methoxy groups -OCH3 is 1. The summed E-state index contributed by atoms with van der Waals surface area (Å²) in [5.41, 5.74) is 0.662. The van der Waals surface area contributed by atoms with Crippen molar-refractivity contribution in [1.29, 1.82) is 0 Å². The Morgan fingerprint density at radius 2 is 1.66 bits per heavy atom. The van der Waals surface area contributed by atoms with Crippen LogP contribution in [-0.4, -0.2) is 68.7 Å². The van der Waals surface area contributed by atoms with Crippen LogP contribution >= 0.6 is 11.6 Å². The van der Waals surface area contributed by atoms with Crippen LogP contribution < -0.4 is 14.8 Å². The number of nitrogens with one attached hydrogen (secondary N) is 1. The molecule has 0 aromatic heterocycles. The molecule has 0 atom stereocenters. The summed E-state index contributed by atoms with van der Waals surface area (Å²) in [6.45, 7) is 5.76. The van der Waals surface area contributed by atoms with Gasteiger partial charge in [0, 0.05) is 32.7 Å². The topological polar surface area (TPSA) is 54.0 Å². The number of anilines is 1. The molecule has 7 heteroatoms. The Labute approximate surface area is 177 Å². The molecule has 1 saturated heterocycles. The third-order valence-corrected chi connectivity index (χ3v) is 5.26. The molecule has 1 N–H and O–H groups in total. The highest BCUT2D eigenvalue weighted by Gasteiger charge is 2.19. The second-order valence-corrected chi connectivity index (χ2v) is 7.43. The van der Waals surface area contributed by atoms with Gasteiger partial charge in [-0.3, -0.25) is 9.69 Å². The highest BCUT2D eigenvalue weighted by Crippen LogP contribution is 2.20. The van der Waals surface area contributed by atoms with Gasteiger partial charge in [0.15, 0.2) is 0 Å². The molecule has 3 rings (SSSR count). The van der Waals surface area contributed by atoms with Gasteiger partial charge in [0.05, 0.1) is 31.0 Å². The molecule has 1 aliphatic heterocycles. The number of piperazine rings is 1. The quantitative estimate of drug-likeness (QED) is 0.634. The number of rotatable bonds is 9. The molecule has 2 aromatic rings. The normalized spacial score (nSPS) is 15.1. The van der Waals surface area contributed by atoms with Crippen molar-refractivity contribution in [3.63, 3.8) is 0 Å². The molecule has 0 aliphatic carbocycles. The van der Waals surface area contributed by atoms with Gasteiger partial charge in [-0.2, -0.15) is 0 Å². The van der Waals surface area contributed by atoms with Crippen LogP contribution in [0.25, 0.3) is 0 Å². The van der Waals surface area contributed by atoms with Crippen LogP contribution in [0.5, 0.6) is 11.5 Å². The van der Waals surface area contributed by atoms with E-state index in [0.29, 0.717) is 23.9 Å². The summed E-state index contributed by atoms with van der Waals surface area (Å²) < 4.78 is 10.9. The van der Waals surface area contributed by atoms with Gasteiger partial charge in [0.2, 0.25) is 5.91 Å². The van der Waals surface area contributed by atoms with E-state index in [1.165, 1.54) is 0 Å². The first-order chi connectivity index (χ1) is 14.1. The lowest BCUT2D eigenvalue weighted by Crippen LogP contribution is -2.48. The summed E-state index contributed by atoms with van der Waals surface area (Å²) in [7, 11) is 1.65. The zero-order chi connectivity index (χ0) is 20.5. The molecule has 156 valence electrons. The van der Waals surface area contributed by atoms with Gasteiger partial charge in [-0.05, 0) is 42.8 Å². The van der Waals surface area contributed by atoms with Crippen LogP contribution in [0, 0.1) is 0 Å². The number of ether oxygens (including phenoxy) is 2. The van der Waals surface area contributed by atoms with Gasteiger partial charge >= 0.3 is 0 Å². The molecular weight excluding hydrogens is 390 g/mol. The zero-order valence-electron chi connectivity index (χ0n) is 16.8. The van der Waals surface area contributed by atoms with Crippen LogP contribution in [0.15, 0.2) is 48.5 Å². The maximum Gasteiger partial charge on any atom is 0.238 e. The van der Waals surface area contributed by atoms with E-state index >= 15 is 0 Å². The average molecular weight is 418 g/mol. The maximum atomic E-state index is 12.3. The first-order valence-corrected chi connectivity index (χ1v) is 10.3. The van der Waals surface area contributed by atoms with Crippen LogP contribution in [0.2, 0.25) is 5.02 Å². The molecule has 29 heavy (non-hydrogen) atoms. The van der Waals surface area contributed by atoms with Gasteiger partial charge in [-0.15, -0.1) is 0 Å². The third-order valence-electron chi connectivity index (χ3n) is 4.93. The van der Waals surface area contributed by atoms with E-state index in [4.69, 9.17) is 21.1 Å². The van der Waals surface area contributed by atoms with E-state index in [1.807, 2.05) is 42.5 Å². The Bertz CT molecular complexity index is 777. The van der Waals surface area contributed by atoms with Crippen molar-refractivity contribution >= 4 is 23.2 Å². The minimum absolute atomic E-state index is 0.0283. The fourth-order valence-corrected chi connectivity index (χ4v) is 3.46. The maximum absolute atomic E-state index is 12.3. The van der Waals surface area contributed by atoms with E-state index < -0.39 is 0 Å². The van der Waals surface area contributed by atoms with E-state index in [9.17, 15) is 4.79 Å². The van der Waals surface area contributed by atoms with Crippen LogP contribution in [0.4, 0.5) is 5.69 Å². The van der Waals surface area contributed by atoms with Crippen molar-refractivity contribution in [2.45, 2.75) is 6.42 Å². The number of hydrogen-bond donors (Lipinski definition) is 1. The number of nitrogens with zero attached hydrogens (tertiary/aromatic N) is 2. The number of benzene rings is 2. The third kappa shape index (κ3) is 6.92. The van der Waals surface area contributed by atoms with Crippen LogP contribution in [0.3, 0.4) is 0 Å². The van der Waals surface area contributed by atoms with Crippen molar-refractivity contribution in [1.82, 2.24) is 9.80 Å². The number of carbonyl (C=O) groups is 1. The van der Waals surface area contributed by atoms with Gasteiger partial charge in [-0.1, -0.05) is 23.7 Å². The van der Waals surface area contributed by atoms with Crippen molar-refractivity contribution < 1.29 is 14.3 Å². The minimum Gasteiger partial charge on any atom is -0.497 e. The van der Waals surface area contributed by atoms with Crippen molar-refractivity contribution in [3.05, 3.63) is 53.6 Å². The van der Waals surface area contributed by atoms with Gasteiger partial charge < -0.3 is 19.7 Å². The predicted octanol–water partition coefficient (Wildman–Crippen LogP) is 3.37. The van der Waals surface area contributed by atoms with Crippen molar-refractivity contribution in [2.24, 2.45) is 0 Å². The number of amides is 1. The Morgan fingerprint density at radius 3 is 2.34 bits per heavy atom. The standard InChI is InChI=1S/C22H28ClN3O3/c1-28-18-7-9-19(10-8-18)29-16-4-11-25-12-14-26(15-13-25)17-22(27)24-21-6-3-2-5-20(21)23/h2-3,5-10H,4,11-17H2,1H3,(H,24,27). The van der Waals surface area contributed by atoms with Gasteiger partial charge in [-0.25, -0.2) is 0 Å². The summed E-state index contributed by atoms with van der Waals surface area (Å²) in [4.78, 5) is 16.8. The minimum atomic E-state index is -0.0283. The molecule has 0 saturated carbocycles. The van der Waals surface area contributed by atoms with E-state index in [1.54, 1.807) is 13.2 Å². The highest BCUT2D eigenvalue weighted by atomic mass is 35.5. The molecule has 0 spiro atoms. The summed E-state index contributed by atoms with van der Waals surface area (Å²) in [6.07, 6.45) is 0.971. The second-order valence-electron chi connectivity index (χ2n) is 7.02. The molecule has 1 fully saturated rings.